The van der Waals surface area contributed by atoms with Crippen molar-refractivity contribution in [2.45, 2.75) is 88.5 Å². The lowest BCUT2D eigenvalue weighted by Crippen LogP contribution is -2.70. The first kappa shape index (κ1) is 40.0. The van der Waals surface area contributed by atoms with Crippen LogP contribution >= 0.6 is 11.8 Å². The second kappa shape index (κ2) is 18.0. The molecule has 276 valence electrons. The summed E-state index contributed by atoms with van der Waals surface area (Å²) < 4.78 is 0. The van der Waals surface area contributed by atoms with E-state index < -0.39 is 95.4 Å². The van der Waals surface area contributed by atoms with E-state index in [2.05, 4.69) is 26.6 Å². The second-order valence-corrected chi connectivity index (χ2v) is 13.1. The molecule has 0 bridgehead atoms. The molecule has 3 rings (SSSR count). The van der Waals surface area contributed by atoms with Gasteiger partial charge in [-0.2, -0.15) is 0 Å². The van der Waals surface area contributed by atoms with E-state index in [0.717, 1.165) is 17.4 Å². The number of carbonyl (C=O) groups excluding carboxylic acids is 6. The Hall–Kier alpha value is -5.46. The Labute approximate surface area is 296 Å². The molecule has 19 heteroatoms. The molecule has 0 spiro atoms. The van der Waals surface area contributed by atoms with E-state index >= 15 is 0 Å². The van der Waals surface area contributed by atoms with Crippen LogP contribution in [0.1, 0.15) is 52.0 Å². The van der Waals surface area contributed by atoms with Gasteiger partial charge in [0.25, 0.3) is 5.91 Å². The lowest BCUT2D eigenvalue weighted by atomic mass is 9.98. The maximum atomic E-state index is 13.3. The van der Waals surface area contributed by atoms with E-state index in [0.29, 0.717) is 0 Å². The third kappa shape index (κ3) is 11.0. The number of aliphatic carboxylic acids is 3. The molecule has 2 heterocycles. The van der Waals surface area contributed by atoms with E-state index in [1.165, 1.54) is 25.6 Å². The molecule has 0 saturated carbocycles. The predicted molar refractivity (Wildman–Crippen MR) is 178 cm³/mol. The van der Waals surface area contributed by atoms with Crippen molar-refractivity contribution in [3.05, 3.63) is 47.2 Å². The average molecular weight is 733 g/mol. The highest BCUT2D eigenvalue weighted by Crippen LogP contribution is 2.41. The molecule has 18 nitrogen and oxygen atoms in total. The van der Waals surface area contributed by atoms with Gasteiger partial charge in [0.05, 0.1) is 6.42 Å². The standard InChI is InChI=1S/C32H40N6O12S/c1-15(26(42)34-16(2)30(45)46)33-27(43)20(36-22(40)12-11-21(31(47)48)35-17(3)39)10-9-19-14-51-29-24(28(44)38(29)25(19)32(49)50)37-23(41)13-18-7-5-4-6-8-18/h4-8,15-16,20-21,24,29H,9-14H2,1-3H3,(H,33,43)(H,34,42)(H,35,39)(H,36,40)(H,37,41)(H,45,46)(H,47,48)(H,49,50)/t15-,16-,20+,21-,24-,29-/m1/s1. The molecule has 0 unspecified atom stereocenters. The number of nitrogens with zero attached hydrogens (tertiary/aromatic N) is 1. The number of fused-ring (bicyclic) bond motifs is 1. The number of hydrogen-bond acceptors (Lipinski definition) is 10. The highest BCUT2D eigenvalue weighted by molar-refractivity contribution is 8.00. The van der Waals surface area contributed by atoms with Crippen molar-refractivity contribution in [2.24, 2.45) is 0 Å². The normalized spacial score (nSPS) is 18.8. The fourth-order valence-electron chi connectivity index (χ4n) is 5.29. The number of β-lactam (4-membered cyclic amide) rings is 1. The molecular weight excluding hydrogens is 692 g/mol. The first-order valence-electron chi connectivity index (χ1n) is 15.9. The molecule has 6 atom stereocenters. The summed E-state index contributed by atoms with van der Waals surface area (Å²) in [5.41, 5.74) is 0.668. The van der Waals surface area contributed by atoms with E-state index in [-0.39, 0.29) is 42.7 Å². The van der Waals surface area contributed by atoms with Crippen LogP contribution in [-0.2, 0) is 49.6 Å². The number of thioether (sulfide) groups is 1. The summed E-state index contributed by atoms with van der Waals surface area (Å²) in [6, 6.07) is 2.57. The molecule has 1 fully saturated rings. The molecule has 0 aromatic heterocycles. The van der Waals surface area contributed by atoms with Crippen LogP contribution in [0.3, 0.4) is 0 Å². The summed E-state index contributed by atoms with van der Waals surface area (Å²) in [4.78, 5) is 112. The summed E-state index contributed by atoms with van der Waals surface area (Å²) in [5.74, 6) is -8.21. The van der Waals surface area contributed by atoms with Crippen molar-refractivity contribution in [2.75, 3.05) is 5.75 Å². The summed E-state index contributed by atoms with van der Waals surface area (Å²) in [7, 11) is 0. The fourth-order valence-corrected chi connectivity index (χ4v) is 6.68. The second-order valence-electron chi connectivity index (χ2n) is 12.0. The number of rotatable bonds is 18. The Kier molecular flexibility index (Phi) is 14.1. The zero-order valence-electron chi connectivity index (χ0n) is 28.0. The van der Waals surface area contributed by atoms with Gasteiger partial charge in [-0.15, -0.1) is 11.8 Å². The quantitative estimate of drug-likeness (QED) is 0.0816. The van der Waals surface area contributed by atoms with Crippen LogP contribution < -0.4 is 26.6 Å². The van der Waals surface area contributed by atoms with Gasteiger partial charge >= 0.3 is 17.9 Å². The van der Waals surface area contributed by atoms with Crippen LogP contribution in [0.25, 0.3) is 0 Å². The van der Waals surface area contributed by atoms with Crippen molar-refractivity contribution in [1.29, 1.82) is 0 Å². The molecular formula is C32H40N6O12S. The minimum atomic E-state index is -1.42. The third-order valence-electron chi connectivity index (χ3n) is 7.98. The van der Waals surface area contributed by atoms with Crippen molar-refractivity contribution in [3.8, 4) is 0 Å². The van der Waals surface area contributed by atoms with Gasteiger partial charge in [0.2, 0.25) is 29.5 Å². The summed E-state index contributed by atoms with van der Waals surface area (Å²) in [5, 5.41) is 39.7. The van der Waals surface area contributed by atoms with Gasteiger partial charge in [-0.3, -0.25) is 38.5 Å². The molecule has 1 aromatic carbocycles. The van der Waals surface area contributed by atoms with Gasteiger partial charge in [0.15, 0.2) is 0 Å². The maximum absolute atomic E-state index is 13.3. The minimum Gasteiger partial charge on any atom is -0.480 e. The van der Waals surface area contributed by atoms with Crippen LogP contribution in [0, 0.1) is 0 Å². The number of carboxylic acids is 3. The van der Waals surface area contributed by atoms with Gasteiger partial charge in [0.1, 0.15) is 41.3 Å². The summed E-state index contributed by atoms with van der Waals surface area (Å²) >= 11 is 1.21. The minimum absolute atomic E-state index is 0.0210. The van der Waals surface area contributed by atoms with Gasteiger partial charge in [-0.05, 0) is 44.2 Å². The van der Waals surface area contributed by atoms with Crippen LogP contribution in [0.15, 0.2) is 41.6 Å². The average Bonchev–Trinajstić information content (AvgIpc) is 3.06. The maximum Gasteiger partial charge on any atom is 0.352 e. The molecule has 6 amide bonds. The topological polar surface area (TPSA) is 278 Å². The number of benzene rings is 1. The molecule has 1 aromatic rings. The van der Waals surface area contributed by atoms with Gasteiger partial charge in [-0.25, -0.2) is 9.59 Å². The first-order chi connectivity index (χ1) is 24.0. The number of carbonyl (C=O) groups is 9. The largest absolute Gasteiger partial charge is 0.480 e. The zero-order valence-corrected chi connectivity index (χ0v) is 28.8. The first-order valence-corrected chi connectivity index (χ1v) is 16.9. The molecule has 0 radical (unpaired) electrons. The highest BCUT2D eigenvalue weighted by atomic mass is 32.2. The molecule has 2 aliphatic rings. The Morgan fingerprint density at radius 2 is 1.47 bits per heavy atom. The van der Waals surface area contributed by atoms with E-state index in [4.69, 9.17) is 5.11 Å². The summed E-state index contributed by atoms with van der Waals surface area (Å²) in [6.07, 6.45) is -1.08. The molecule has 0 aliphatic carbocycles. The third-order valence-corrected chi connectivity index (χ3v) is 9.32. The molecule has 51 heavy (non-hydrogen) atoms. The van der Waals surface area contributed by atoms with Crippen LogP contribution in [0.4, 0.5) is 0 Å². The van der Waals surface area contributed by atoms with Crippen molar-refractivity contribution in [3.63, 3.8) is 0 Å². The molecule has 2 aliphatic heterocycles. The van der Waals surface area contributed by atoms with Crippen LogP contribution in [0.2, 0.25) is 0 Å². The Morgan fingerprint density at radius 3 is 2.06 bits per heavy atom. The Balaban J connectivity index is 1.74. The van der Waals surface area contributed by atoms with Crippen molar-refractivity contribution >= 4 is 65.1 Å². The Bertz CT molecular complexity index is 1600. The van der Waals surface area contributed by atoms with Crippen LogP contribution in [-0.4, -0.2) is 115 Å². The fraction of sp³-hybridized carbons (Fsp3) is 0.469. The van der Waals surface area contributed by atoms with Gasteiger partial charge < -0.3 is 41.9 Å². The lowest BCUT2D eigenvalue weighted by molar-refractivity contribution is -0.150. The Morgan fingerprint density at radius 1 is 0.824 bits per heavy atom. The number of amides is 6. The van der Waals surface area contributed by atoms with Gasteiger partial charge in [-0.1, -0.05) is 30.3 Å². The van der Waals surface area contributed by atoms with E-state index in [1.807, 2.05) is 0 Å². The van der Waals surface area contributed by atoms with Crippen LogP contribution in [0.5, 0.6) is 0 Å². The molecule has 1 saturated heterocycles. The van der Waals surface area contributed by atoms with E-state index in [1.54, 1.807) is 30.3 Å². The SMILES string of the molecule is CC(=O)N[C@H](CCC(=O)N[C@@H](CCC1=C(C(=O)O)N2C(=O)[C@@H](NC(=O)Cc3ccccc3)[C@H]2SC1)C(=O)N[C@H](C)C(=O)N[C@H](C)C(=O)O)C(=O)O. The summed E-state index contributed by atoms with van der Waals surface area (Å²) in [6.45, 7) is 3.60. The zero-order chi connectivity index (χ0) is 38.0. The van der Waals surface area contributed by atoms with Crippen molar-refractivity contribution < 1.29 is 58.5 Å². The van der Waals surface area contributed by atoms with Gasteiger partial charge in [0, 0.05) is 19.1 Å². The monoisotopic (exact) mass is 732 g/mol. The van der Waals surface area contributed by atoms with E-state index in [9.17, 15) is 53.4 Å². The predicted octanol–water partition coefficient (Wildman–Crippen LogP) is -1.30. The number of nitrogens with one attached hydrogen (secondary N) is 5. The molecule has 8 N–H and O–H groups in total. The lowest BCUT2D eigenvalue weighted by Gasteiger charge is -2.49. The number of carboxylic acid groups (broad SMARTS) is 3. The highest BCUT2D eigenvalue weighted by Gasteiger charge is 2.54. The smallest absolute Gasteiger partial charge is 0.352 e. The number of hydrogen-bond donors (Lipinski definition) is 8. The van der Waals surface area contributed by atoms with Crippen molar-refractivity contribution in [1.82, 2.24) is 31.5 Å².